The van der Waals surface area contributed by atoms with Gasteiger partial charge in [-0.2, -0.15) is 0 Å². The largest absolute Gasteiger partial charge is 0.462 e. The van der Waals surface area contributed by atoms with E-state index in [1.807, 2.05) is 50.2 Å². The summed E-state index contributed by atoms with van der Waals surface area (Å²) in [7, 11) is 0. The molecule has 6 heteroatoms. The van der Waals surface area contributed by atoms with E-state index < -0.39 is 0 Å². The van der Waals surface area contributed by atoms with Crippen LogP contribution in [0.1, 0.15) is 17.1 Å². The number of hydrogen-bond donors (Lipinski definition) is 0. The van der Waals surface area contributed by atoms with Gasteiger partial charge in [-0.25, -0.2) is 4.40 Å². The lowest BCUT2D eigenvalue weighted by atomic mass is 10.1. The van der Waals surface area contributed by atoms with Crippen molar-refractivity contribution in [3.05, 3.63) is 68.4 Å². The van der Waals surface area contributed by atoms with Crippen LogP contribution in [0.2, 0.25) is 0 Å². The fourth-order valence-corrected chi connectivity index (χ4v) is 3.41. The summed E-state index contributed by atoms with van der Waals surface area (Å²) in [4.78, 5) is 13.3. The summed E-state index contributed by atoms with van der Waals surface area (Å²) >= 11 is 1.31. The molecule has 0 aliphatic heterocycles. The topological polar surface area (TPSA) is 60.4 Å². The summed E-state index contributed by atoms with van der Waals surface area (Å²) in [6, 6.07) is 11.5. The maximum Gasteiger partial charge on any atom is 0.276 e. The third-order valence-electron chi connectivity index (χ3n) is 3.67. The van der Waals surface area contributed by atoms with Crippen molar-refractivity contribution in [2.45, 2.75) is 13.8 Å². The Kier molecular flexibility index (Phi) is 3.12. The Morgan fingerprint density at radius 3 is 2.70 bits per heavy atom. The first-order chi connectivity index (χ1) is 11.1. The fourth-order valence-electron chi connectivity index (χ4n) is 2.52. The van der Waals surface area contributed by atoms with Crippen LogP contribution in [0.4, 0.5) is 0 Å². The smallest absolute Gasteiger partial charge is 0.276 e. The average Bonchev–Trinajstić information content (AvgIpc) is 3.19. The first kappa shape index (κ1) is 13.9. The fraction of sp³-hybridized carbons (Fsp3) is 0.118. The lowest BCUT2D eigenvalue weighted by Crippen LogP contribution is -2.23. The monoisotopic (exact) mass is 323 g/mol. The number of aromatic nitrogens is 3. The van der Waals surface area contributed by atoms with E-state index in [9.17, 15) is 4.79 Å². The first-order valence-corrected chi connectivity index (χ1v) is 7.97. The molecule has 4 rings (SSSR count). The molecule has 114 valence electrons. The quantitative estimate of drug-likeness (QED) is 0.569. The second-order valence-corrected chi connectivity index (χ2v) is 6.33. The van der Waals surface area contributed by atoms with Crippen molar-refractivity contribution in [3.8, 4) is 11.4 Å². The van der Waals surface area contributed by atoms with Gasteiger partial charge in [-0.3, -0.25) is 4.79 Å². The van der Waals surface area contributed by atoms with Crippen molar-refractivity contribution >= 4 is 22.4 Å². The Morgan fingerprint density at radius 2 is 1.96 bits per heavy atom. The van der Waals surface area contributed by atoms with E-state index in [2.05, 4.69) is 10.2 Å². The SMILES string of the molecule is Cc1ccc(C=c2sc3nnc(-c4ccccc4C)n3c2=O)o1. The van der Waals surface area contributed by atoms with Crippen molar-refractivity contribution in [3.63, 3.8) is 0 Å². The zero-order valence-electron chi connectivity index (χ0n) is 12.6. The van der Waals surface area contributed by atoms with E-state index in [1.165, 1.54) is 11.3 Å². The van der Waals surface area contributed by atoms with Crippen molar-refractivity contribution in [2.24, 2.45) is 0 Å². The molecule has 0 fully saturated rings. The molecule has 0 saturated carbocycles. The Bertz CT molecular complexity index is 1120. The summed E-state index contributed by atoms with van der Waals surface area (Å²) in [6.07, 6.45) is 1.75. The van der Waals surface area contributed by atoms with Crippen LogP contribution in [-0.2, 0) is 0 Å². The zero-order chi connectivity index (χ0) is 16.0. The van der Waals surface area contributed by atoms with E-state index in [0.29, 0.717) is 21.1 Å². The van der Waals surface area contributed by atoms with E-state index in [-0.39, 0.29) is 5.56 Å². The van der Waals surface area contributed by atoms with Gasteiger partial charge >= 0.3 is 0 Å². The number of benzene rings is 1. The molecule has 3 heterocycles. The highest BCUT2D eigenvalue weighted by molar-refractivity contribution is 7.15. The van der Waals surface area contributed by atoms with Gasteiger partial charge in [0, 0.05) is 11.6 Å². The van der Waals surface area contributed by atoms with Crippen LogP contribution >= 0.6 is 11.3 Å². The Morgan fingerprint density at radius 1 is 1.13 bits per heavy atom. The lowest BCUT2D eigenvalue weighted by Gasteiger charge is -2.00. The van der Waals surface area contributed by atoms with Gasteiger partial charge in [0.1, 0.15) is 16.1 Å². The van der Waals surface area contributed by atoms with Crippen LogP contribution in [0.25, 0.3) is 22.4 Å². The predicted octanol–water partition coefficient (Wildman–Crippen LogP) is 2.58. The highest BCUT2D eigenvalue weighted by Crippen LogP contribution is 2.21. The molecule has 0 spiro atoms. The third-order valence-corrected chi connectivity index (χ3v) is 4.63. The number of furan rings is 1. The molecule has 0 bridgehead atoms. The molecule has 0 atom stereocenters. The molecule has 5 nitrogen and oxygen atoms in total. The van der Waals surface area contributed by atoms with Gasteiger partial charge in [-0.1, -0.05) is 35.6 Å². The number of nitrogens with zero attached hydrogens (tertiary/aromatic N) is 3. The Labute approximate surface area is 135 Å². The minimum atomic E-state index is -0.123. The van der Waals surface area contributed by atoms with Gasteiger partial charge in [0.05, 0.1) is 0 Å². The summed E-state index contributed by atoms with van der Waals surface area (Å²) in [6.45, 7) is 3.86. The molecule has 1 aromatic carbocycles. The van der Waals surface area contributed by atoms with Gasteiger partial charge < -0.3 is 4.42 Å². The molecule has 3 aromatic heterocycles. The van der Waals surface area contributed by atoms with Crippen LogP contribution in [0.15, 0.2) is 45.6 Å². The molecule has 0 saturated heterocycles. The summed E-state index contributed by atoms with van der Waals surface area (Å²) < 4.78 is 7.66. The molecule has 0 N–H and O–H groups in total. The standard InChI is InChI=1S/C17H13N3O2S/c1-10-5-3-4-6-13(10)15-18-19-17-20(15)16(21)14(23-17)9-12-8-7-11(2)22-12/h3-9H,1-2H3. The minimum absolute atomic E-state index is 0.123. The van der Waals surface area contributed by atoms with Gasteiger partial charge in [0.2, 0.25) is 4.96 Å². The molecule has 0 unspecified atom stereocenters. The molecule has 0 radical (unpaired) electrons. The Balaban J connectivity index is 1.96. The summed E-state index contributed by atoms with van der Waals surface area (Å²) in [5.41, 5.74) is 1.84. The molecule has 4 aromatic rings. The van der Waals surface area contributed by atoms with Gasteiger partial charge in [0.15, 0.2) is 5.82 Å². The van der Waals surface area contributed by atoms with Crippen LogP contribution in [0.3, 0.4) is 0 Å². The second kappa shape index (κ2) is 5.17. The van der Waals surface area contributed by atoms with Crippen LogP contribution in [-0.4, -0.2) is 14.6 Å². The summed E-state index contributed by atoms with van der Waals surface area (Å²) in [5.74, 6) is 2.05. The molecule has 23 heavy (non-hydrogen) atoms. The highest BCUT2D eigenvalue weighted by Gasteiger charge is 2.15. The molecular weight excluding hydrogens is 310 g/mol. The third kappa shape index (κ3) is 2.27. The van der Waals surface area contributed by atoms with E-state index in [4.69, 9.17) is 4.42 Å². The van der Waals surface area contributed by atoms with Crippen LogP contribution in [0, 0.1) is 13.8 Å². The number of thiazole rings is 1. The van der Waals surface area contributed by atoms with E-state index in [0.717, 1.165) is 16.9 Å². The predicted molar refractivity (Wildman–Crippen MR) is 89.5 cm³/mol. The van der Waals surface area contributed by atoms with Crippen LogP contribution < -0.4 is 10.1 Å². The minimum Gasteiger partial charge on any atom is -0.462 e. The highest BCUT2D eigenvalue weighted by atomic mass is 32.1. The molecular formula is C17H13N3O2S. The molecule has 0 aliphatic carbocycles. The molecule has 0 amide bonds. The maximum atomic E-state index is 12.7. The van der Waals surface area contributed by atoms with E-state index in [1.54, 1.807) is 10.5 Å². The number of hydrogen-bond acceptors (Lipinski definition) is 5. The van der Waals surface area contributed by atoms with Crippen molar-refractivity contribution in [2.75, 3.05) is 0 Å². The van der Waals surface area contributed by atoms with Crippen molar-refractivity contribution < 1.29 is 4.42 Å². The zero-order valence-corrected chi connectivity index (χ0v) is 13.4. The van der Waals surface area contributed by atoms with Crippen LogP contribution in [0.5, 0.6) is 0 Å². The number of rotatable bonds is 2. The van der Waals surface area contributed by atoms with Crippen molar-refractivity contribution in [1.29, 1.82) is 0 Å². The van der Waals surface area contributed by atoms with Gasteiger partial charge in [0.25, 0.3) is 5.56 Å². The average molecular weight is 323 g/mol. The second-order valence-electron chi connectivity index (χ2n) is 5.32. The Hall–Kier alpha value is -2.73. The normalized spacial score (nSPS) is 12.3. The number of fused-ring (bicyclic) bond motifs is 1. The van der Waals surface area contributed by atoms with Gasteiger partial charge in [-0.05, 0) is 31.5 Å². The maximum absolute atomic E-state index is 12.7. The first-order valence-electron chi connectivity index (χ1n) is 7.15. The van der Waals surface area contributed by atoms with E-state index >= 15 is 0 Å². The summed E-state index contributed by atoms with van der Waals surface area (Å²) in [5, 5.41) is 8.33. The van der Waals surface area contributed by atoms with Gasteiger partial charge in [-0.15, -0.1) is 10.2 Å². The number of aryl methyl sites for hydroxylation is 2. The lowest BCUT2D eigenvalue weighted by molar-refractivity contribution is 0.525. The molecule has 0 aliphatic rings. The van der Waals surface area contributed by atoms with Crippen molar-refractivity contribution in [1.82, 2.24) is 14.6 Å².